The Morgan fingerprint density at radius 3 is 2.56 bits per heavy atom. The lowest BCUT2D eigenvalue weighted by atomic mass is 10.4. The molecule has 92 valence electrons. The fourth-order valence-corrected chi connectivity index (χ4v) is 2.66. The quantitative estimate of drug-likeness (QED) is 0.733. The number of rotatable bonds is 3. The molecular weight excluding hydrogens is 262 g/mol. The number of ether oxygens (including phenoxy) is 2. The average Bonchev–Trinajstić information content (AvgIpc) is 2.26. The summed E-state index contributed by atoms with van der Waals surface area (Å²) in [6.45, 7) is 7.23. The Hall–Kier alpha value is 0.0900. The zero-order chi connectivity index (χ0) is 12.0. The van der Waals surface area contributed by atoms with Crippen molar-refractivity contribution in [3.8, 4) is 0 Å². The van der Waals surface area contributed by atoms with Crippen LogP contribution in [0.1, 0.15) is 13.8 Å². The van der Waals surface area contributed by atoms with Gasteiger partial charge in [0.05, 0.1) is 30.1 Å². The smallest absolute Gasteiger partial charge is 0.220 e. The Morgan fingerprint density at radius 1 is 1.38 bits per heavy atom. The third kappa shape index (κ3) is 5.43. The molecule has 0 amide bonds. The van der Waals surface area contributed by atoms with Gasteiger partial charge in [-0.25, -0.2) is 0 Å². The zero-order valence-electron chi connectivity index (χ0n) is 9.60. The van der Waals surface area contributed by atoms with E-state index in [1.165, 1.54) is 11.8 Å². The number of morpholine rings is 1. The monoisotopic (exact) mass is 279 g/mol. The van der Waals surface area contributed by atoms with Crippen molar-refractivity contribution >= 4 is 45.6 Å². The fraction of sp³-hybridized carbons (Fsp3) is 0.800. The first kappa shape index (κ1) is 14.2. The van der Waals surface area contributed by atoms with E-state index in [0.717, 1.165) is 37.0 Å². The van der Waals surface area contributed by atoms with Gasteiger partial charge in [0.1, 0.15) is 0 Å². The molecule has 3 nitrogen and oxygen atoms in total. The number of thioether (sulfide) groups is 1. The molecule has 0 aromatic heterocycles. The van der Waals surface area contributed by atoms with Crippen LogP contribution in [0.3, 0.4) is 0 Å². The fourth-order valence-electron chi connectivity index (χ4n) is 1.25. The molecule has 1 saturated heterocycles. The molecule has 1 rings (SSSR count). The summed E-state index contributed by atoms with van der Waals surface area (Å²) < 4.78 is 11.2. The largest absolute Gasteiger partial charge is 0.476 e. The van der Waals surface area contributed by atoms with Crippen LogP contribution in [0.5, 0.6) is 0 Å². The molecule has 0 N–H and O–H groups in total. The van der Waals surface area contributed by atoms with Crippen molar-refractivity contribution in [1.29, 1.82) is 0 Å². The highest BCUT2D eigenvalue weighted by Crippen LogP contribution is 2.11. The molecular formula is C10H17NO2S3. The molecule has 1 aliphatic heterocycles. The van der Waals surface area contributed by atoms with Crippen molar-refractivity contribution in [3.05, 3.63) is 0 Å². The average molecular weight is 279 g/mol. The van der Waals surface area contributed by atoms with Crippen LogP contribution in [-0.2, 0) is 9.47 Å². The second-order valence-electron chi connectivity index (χ2n) is 3.70. The maximum absolute atomic E-state index is 5.38. The number of nitrogens with zero attached hydrogens (tertiary/aromatic N) is 1. The van der Waals surface area contributed by atoms with Gasteiger partial charge in [-0.2, -0.15) is 0 Å². The summed E-state index contributed by atoms with van der Waals surface area (Å²) in [4.78, 5) is 3.10. The molecule has 0 atom stereocenters. The molecule has 0 saturated carbocycles. The van der Waals surface area contributed by atoms with Gasteiger partial charge >= 0.3 is 0 Å². The molecule has 0 bridgehead atoms. The van der Waals surface area contributed by atoms with Gasteiger partial charge in [0.2, 0.25) is 4.38 Å². The standard InChI is InChI=1S/C10H17NO2S3/c1-8(2)13-10(15)16-7-9(14)11-3-5-12-6-4-11/h8H,3-7H2,1-2H3. The van der Waals surface area contributed by atoms with Crippen LogP contribution < -0.4 is 0 Å². The minimum absolute atomic E-state index is 0.136. The Bertz CT molecular complexity index is 252. The summed E-state index contributed by atoms with van der Waals surface area (Å²) in [5, 5.41) is 0. The maximum Gasteiger partial charge on any atom is 0.220 e. The Labute approximate surface area is 112 Å². The van der Waals surface area contributed by atoms with E-state index in [1.54, 1.807) is 0 Å². The van der Waals surface area contributed by atoms with Gasteiger partial charge in [0.25, 0.3) is 0 Å². The highest BCUT2D eigenvalue weighted by molar-refractivity contribution is 8.23. The predicted octanol–water partition coefficient (Wildman–Crippen LogP) is 2.09. The predicted molar refractivity (Wildman–Crippen MR) is 76.3 cm³/mol. The Balaban J connectivity index is 2.21. The van der Waals surface area contributed by atoms with E-state index >= 15 is 0 Å². The summed E-state index contributed by atoms with van der Waals surface area (Å²) >= 11 is 11.9. The lowest BCUT2D eigenvalue weighted by Gasteiger charge is -2.29. The second-order valence-corrected chi connectivity index (χ2v) is 5.75. The molecule has 0 radical (unpaired) electrons. The Kier molecular flexibility index (Phi) is 6.57. The van der Waals surface area contributed by atoms with Crippen molar-refractivity contribution in [2.24, 2.45) is 0 Å². The molecule has 0 aromatic rings. The van der Waals surface area contributed by atoms with Gasteiger partial charge in [0.15, 0.2) is 0 Å². The minimum atomic E-state index is 0.136. The van der Waals surface area contributed by atoms with Crippen LogP contribution in [0.4, 0.5) is 0 Å². The van der Waals surface area contributed by atoms with Crippen molar-refractivity contribution < 1.29 is 9.47 Å². The molecule has 0 spiro atoms. The molecule has 6 heteroatoms. The van der Waals surface area contributed by atoms with Gasteiger partial charge in [0, 0.05) is 13.1 Å². The van der Waals surface area contributed by atoms with E-state index < -0.39 is 0 Å². The summed E-state index contributed by atoms with van der Waals surface area (Å²) in [5.74, 6) is 0.723. The van der Waals surface area contributed by atoms with Crippen LogP contribution in [0.2, 0.25) is 0 Å². The molecule has 16 heavy (non-hydrogen) atoms. The van der Waals surface area contributed by atoms with Crippen LogP contribution in [0.25, 0.3) is 0 Å². The molecule has 0 unspecified atom stereocenters. The first-order chi connectivity index (χ1) is 7.59. The lowest BCUT2D eigenvalue weighted by molar-refractivity contribution is 0.0689. The van der Waals surface area contributed by atoms with Crippen molar-refractivity contribution in [2.45, 2.75) is 20.0 Å². The third-order valence-electron chi connectivity index (χ3n) is 2.01. The SMILES string of the molecule is CC(C)OC(=S)SCC(=S)N1CCOCC1. The van der Waals surface area contributed by atoms with E-state index in [9.17, 15) is 0 Å². The van der Waals surface area contributed by atoms with Crippen molar-refractivity contribution in [1.82, 2.24) is 4.90 Å². The first-order valence-electron chi connectivity index (χ1n) is 5.28. The van der Waals surface area contributed by atoms with Crippen LogP contribution in [-0.4, -0.2) is 52.4 Å². The summed E-state index contributed by atoms with van der Waals surface area (Å²) in [6, 6.07) is 0. The number of hydrogen-bond donors (Lipinski definition) is 0. The van der Waals surface area contributed by atoms with Gasteiger partial charge in [-0.15, -0.1) is 0 Å². The van der Waals surface area contributed by atoms with E-state index in [0.29, 0.717) is 4.38 Å². The third-order valence-corrected chi connectivity index (χ3v) is 3.79. The van der Waals surface area contributed by atoms with E-state index in [1.807, 2.05) is 13.8 Å². The van der Waals surface area contributed by atoms with Crippen LogP contribution in [0.15, 0.2) is 0 Å². The van der Waals surface area contributed by atoms with Crippen molar-refractivity contribution in [2.75, 3.05) is 32.1 Å². The molecule has 1 aliphatic rings. The molecule has 0 aliphatic carbocycles. The lowest BCUT2D eigenvalue weighted by Crippen LogP contribution is -2.40. The maximum atomic E-state index is 5.38. The van der Waals surface area contributed by atoms with Gasteiger partial charge < -0.3 is 14.4 Å². The summed E-state index contributed by atoms with van der Waals surface area (Å²) in [5.41, 5.74) is 0. The highest BCUT2D eigenvalue weighted by Gasteiger charge is 2.14. The van der Waals surface area contributed by atoms with Crippen LogP contribution >= 0.6 is 36.2 Å². The summed E-state index contributed by atoms with van der Waals surface area (Å²) in [7, 11) is 0. The Morgan fingerprint density at radius 2 is 2.00 bits per heavy atom. The van der Waals surface area contributed by atoms with Gasteiger partial charge in [-0.05, 0) is 26.1 Å². The summed E-state index contributed by atoms with van der Waals surface area (Å²) in [6.07, 6.45) is 0.136. The van der Waals surface area contributed by atoms with Gasteiger partial charge in [-0.3, -0.25) is 0 Å². The van der Waals surface area contributed by atoms with E-state index in [-0.39, 0.29) is 6.10 Å². The minimum Gasteiger partial charge on any atom is -0.476 e. The second kappa shape index (κ2) is 7.42. The molecule has 1 fully saturated rings. The number of thiocarbonyl (C=S) groups is 2. The highest BCUT2D eigenvalue weighted by atomic mass is 32.2. The zero-order valence-corrected chi connectivity index (χ0v) is 12.1. The van der Waals surface area contributed by atoms with Crippen molar-refractivity contribution in [3.63, 3.8) is 0 Å². The topological polar surface area (TPSA) is 21.7 Å². The van der Waals surface area contributed by atoms with E-state index in [2.05, 4.69) is 4.90 Å². The number of hydrogen-bond acceptors (Lipinski definition) is 5. The van der Waals surface area contributed by atoms with Crippen LogP contribution in [0, 0.1) is 0 Å². The first-order valence-corrected chi connectivity index (χ1v) is 7.08. The molecule has 1 heterocycles. The van der Waals surface area contributed by atoms with E-state index in [4.69, 9.17) is 33.9 Å². The van der Waals surface area contributed by atoms with Gasteiger partial charge in [-0.1, -0.05) is 24.0 Å². The molecule has 0 aromatic carbocycles. The normalized spacial score (nSPS) is 16.3.